The first-order valence-electron chi connectivity index (χ1n) is 10.7. The summed E-state index contributed by atoms with van der Waals surface area (Å²) in [5.74, 6) is -0.773. The van der Waals surface area contributed by atoms with E-state index >= 15 is 0 Å². The molecular formula is C27H21ClFN3OS2. The van der Waals surface area contributed by atoms with Crippen molar-refractivity contribution in [3.63, 3.8) is 0 Å². The molecule has 0 aliphatic rings. The number of rotatable bonds is 7. The summed E-state index contributed by atoms with van der Waals surface area (Å²) in [7, 11) is 0. The summed E-state index contributed by atoms with van der Waals surface area (Å²) in [5.41, 5.74) is 3.00. The molecule has 0 aromatic heterocycles. The van der Waals surface area contributed by atoms with Crippen LogP contribution < -0.4 is 16.0 Å². The van der Waals surface area contributed by atoms with E-state index in [0.717, 1.165) is 21.8 Å². The van der Waals surface area contributed by atoms with Crippen LogP contribution in [0.1, 0.15) is 10.8 Å². The smallest absolute Gasteiger partial charge is 0.242 e. The molecular weight excluding hydrogens is 501 g/mol. The Morgan fingerprint density at radius 3 is 1.97 bits per heavy atom. The van der Waals surface area contributed by atoms with E-state index in [1.807, 2.05) is 84.9 Å². The second-order valence-corrected chi connectivity index (χ2v) is 9.49. The molecule has 176 valence electrons. The standard InChI is InChI=1S/C27H21ClFN3OS2/c28-23-17-21(13-16-24(23)29)30-26(33)25(18-7-3-1-4-8-18)35-22-14-11-20(12-15-22)32-27(34)31-19-9-5-2-6-10-19/h1-17,25H,(H,30,33)(H2,31,32,34). The zero-order chi connectivity index (χ0) is 24.6. The predicted octanol–water partition coefficient (Wildman–Crippen LogP) is 7.76. The van der Waals surface area contributed by atoms with Crippen molar-refractivity contribution < 1.29 is 9.18 Å². The molecule has 0 spiro atoms. The van der Waals surface area contributed by atoms with Crippen LogP contribution in [0.3, 0.4) is 0 Å². The summed E-state index contributed by atoms with van der Waals surface area (Å²) in [6.45, 7) is 0. The van der Waals surface area contributed by atoms with Crippen LogP contribution in [-0.2, 0) is 4.79 Å². The number of para-hydroxylation sites is 1. The van der Waals surface area contributed by atoms with Crippen molar-refractivity contribution in [2.45, 2.75) is 10.1 Å². The van der Waals surface area contributed by atoms with E-state index in [4.69, 9.17) is 23.8 Å². The number of thiocarbonyl (C=S) groups is 1. The average molecular weight is 522 g/mol. The minimum Gasteiger partial charge on any atom is -0.332 e. The van der Waals surface area contributed by atoms with E-state index < -0.39 is 11.1 Å². The topological polar surface area (TPSA) is 53.2 Å². The van der Waals surface area contributed by atoms with Crippen LogP contribution in [0.5, 0.6) is 0 Å². The van der Waals surface area contributed by atoms with Gasteiger partial charge in [0, 0.05) is 22.0 Å². The van der Waals surface area contributed by atoms with E-state index in [1.165, 1.54) is 30.0 Å². The van der Waals surface area contributed by atoms with Crippen LogP contribution in [0, 0.1) is 5.82 Å². The van der Waals surface area contributed by atoms with Gasteiger partial charge in [-0.3, -0.25) is 4.79 Å². The van der Waals surface area contributed by atoms with Gasteiger partial charge < -0.3 is 16.0 Å². The first kappa shape index (κ1) is 24.7. The number of thioether (sulfide) groups is 1. The number of carbonyl (C=O) groups excluding carboxylic acids is 1. The van der Waals surface area contributed by atoms with Gasteiger partial charge in [0.25, 0.3) is 0 Å². The lowest BCUT2D eigenvalue weighted by Gasteiger charge is -2.18. The molecule has 4 aromatic rings. The number of carbonyl (C=O) groups is 1. The highest BCUT2D eigenvalue weighted by Crippen LogP contribution is 2.37. The van der Waals surface area contributed by atoms with Gasteiger partial charge in [-0.2, -0.15) is 0 Å². The number of halogens is 2. The number of anilines is 3. The molecule has 0 heterocycles. The first-order chi connectivity index (χ1) is 17.0. The fourth-order valence-electron chi connectivity index (χ4n) is 3.25. The normalized spacial score (nSPS) is 11.4. The molecule has 0 bridgehead atoms. The van der Waals surface area contributed by atoms with Crippen molar-refractivity contribution in [2.75, 3.05) is 16.0 Å². The molecule has 0 aliphatic heterocycles. The number of hydrogen-bond acceptors (Lipinski definition) is 3. The zero-order valence-corrected chi connectivity index (χ0v) is 20.8. The summed E-state index contributed by atoms with van der Waals surface area (Å²) in [6, 6.07) is 30.9. The molecule has 4 aromatic carbocycles. The second-order valence-electron chi connectivity index (χ2n) is 7.50. The summed E-state index contributed by atoms with van der Waals surface area (Å²) in [4.78, 5) is 14.1. The molecule has 0 saturated heterocycles. The van der Waals surface area contributed by atoms with Crippen LogP contribution in [0.4, 0.5) is 21.5 Å². The van der Waals surface area contributed by atoms with E-state index in [-0.39, 0.29) is 10.9 Å². The number of amides is 1. The van der Waals surface area contributed by atoms with Gasteiger partial charge in [-0.25, -0.2) is 4.39 Å². The Balaban J connectivity index is 1.45. The maximum atomic E-state index is 13.5. The Kier molecular flexibility index (Phi) is 8.36. The van der Waals surface area contributed by atoms with Gasteiger partial charge in [-0.05, 0) is 72.4 Å². The van der Waals surface area contributed by atoms with E-state index in [0.29, 0.717) is 10.8 Å². The van der Waals surface area contributed by atoms with E-state index in [1.54, 1.807) is 0 Å². The van der Waals surface area contributed by atoms with Crippen LogP contribution in [-0.4, -0.2) is 11.0 Å². The minimum atomic E-state index is -0.536. The Bertz CT molecular complexity index is 1310. The lowest BCUT2D eigenvalue weighted by molar-refractivity contribution is -0.115. The van der Waals surface area contributed by atoms with Gasteiger partial charge in [0.2, 0.25) is 5.91 Å². The summed E-state index contributed by atoms with van der Waals surface area (Å²) < 4.78 is 13.5. The highest BCUT2D eigenvalue weighted by atomic mass is 35.5. The molecule has 0 radical (unpaired) electrons. The molecule has 4 rings (SSSR count). The summed E-state index contributed by atoms with van der Waals surface area (Å²) >= 11 is 12.7. The lowest BCUT2D eigenvalue weighted by Crippen LogP contribution is -2.19. The molecule has 3 N–H and O–H groups in total. The summed E-state index contributed by atoms with van der Waals surface area (Å²) in [5, 5.41) is 9.04. The monoisotopic (exact) mass is 521 g/mol. The van der Waals surface area contributed by atoms with Gasteiger partial charge in [-0.1, -0.05) is 60.1 Å². The van der Waals surface area contributed by atoms with E-state index in [9.17, 15) is 9.18 Å². The van der Waals surface area contributed by atoms with Gasteiger partial charge in [0.15, 0.2) is 5.11 Å². The SMILES string of the molecule is O=C(Nc1ccc(F)c(Cl)c1)C(Sc1ccc(NC(=S)Nc2ccccc2)cc1)c1ccccc1. The lowest BCUT2D eigenvalue weighted by atomic mass is 10.1. The molecule has 1 amide bonds. The van der Waals surface area contributed by atoms with Crippen LogP contribution >= 0.6 is 35.6 Å². The van der Waals surface area contributed by atoms with Gasteiger partial charge in [0.05, 0.1) is 5.02 Å². The minimum absolute atomic E-state index is 0.0468. The third-order valence-corrected chi connectivity index (χ3v) is 6.69. The highest BCUT2D eigenvalue weighted by molar-refractivity contribution is 8.00. The zero-order valence-electron chi connectivity index (χ0n) is 18.4. The third-order valence-electron chi connectivity index (χ3n) is 4.93. The van der Waals surface area contributed by atoms with Crippen LogP contribution in [0.15, 0.2) is 108 Å². The fraction of sp³-hybridized carbons (Fsp3) is 0.0370. The number of benzene rings is 4. The molecule has 0 aliphatic carbocycles. The van der Waals surface area contributed by atoms with Gasteiger partial charge in [0.1, 0.15) is 11.1 Å². The van der Waals surface area contributed by atoms with Crippen molar-refractivity contribution in [2.24, 2.45) is 0 Å². The highest BCUT2D eigenvalue weighted by Gasteiger charge is 2.22. The van der Waals surface area contributed by atoms with Crippen molar-refractivity contribution in [1.29, 1.82) is 0 Å². The molecule has 1 atom stereocenters. The largest absolute Gasteiger partial charge is 0.332 e. The average Bonchev–Trinajstić information content (AvgIpc) is 2.87. The Hall–Kier alpha value is -3.39. The number of nitrogens with one attached hydrogen (secondary N) is 3. The Labute approximate surface area is 217 Å². The number of hydrogen-bond donors (Lipinski definition) is 3. The molecule has 1 unspecified atom stereocenters. The second kappa shape index (κ2) is 11.8. The van der Waals surface area contributed by atoms with Crippen molar-refractivity contribution in [3.05, 3.63) is 120 Å². The Morgan fingerprint density at radius 1 is 0.771 bits per heavy atom. The van der Waals surface area contributed by atoms with Gasteiger partial charge >= 0.3 is 0 Å². The molecule has 0 saturated carbocycles. The van der Waals surface area contributed by atoms with Gasteiger partial charge in [-0.15, -0.1) is 11.8 Å². The molecule has 35 heavy (non-hydrogen) atoms. The van der Waals surface area contributed by atoms with Crippen LogP contribution in [0.25, 0.3) is 0 Å². The van der Waals surface area contributed by atoms with E-state index in [2.05, 4.69) is 16.0 Å². The maximum absolute atomic E-state index is 13.5. The quantitative estimate of drug-likeness (QED) is 0.171. The first-order valence-corrected chi connectivity index (χ1v) is 12.4. The van der Waals surface area contributed by atoms with Crippen LogP contribution in [0.2, 0.25) is 5.02 Å². The van der Waals surface area contributed by atoms with Crippen molar-refractivity contribution >= 4 is 63.7 Å². The predicted molar refractivity (Wildman–Crippen MR) is 148 cm³/mol. The molecule has 8 heteroatoms. The third kappa shape index (κ3) is 7.05. The Morgan fingerprint density at radius 2 is 1.34 bits per heavy atom. The molecule has 0 fully saturated rings. The summed E-state index contributed by atoms with van der Waals surface area (Å²) in [6.07, 6.45) is 0. The van der Waals surface area contributed by atoms with Crippen molar-refractivity contribution in [1.82, 2.24) is 0 Å². The maximum Gasteiger partial charge on any atom is 0.242 e. The molecule has 4 nitrogen and oxygen atoms in total. The van der Waals surface area contributed by atoms with Crippen molar-refractivity contribution in [3.8, 4) is 0 Å². The fourth-order valence-corrected chi connectivity index (χ4v) is 4.69.